The van der Waals surface area contributed by atoms with Crippen molar-refractivity contribution in [1.29, 1.82) is 0 Å². The van der Waals surface area contributed by atoms with Crippen molar-refractivity contribution in [3.05, 3.63) is 34.5 Å². The van der Waals surface area contributed by atoms with Crippen molar-refractivity contribution in [3.8, 4) is 0 Å². The minimum atomic E-state index is -1.25. The molecule has 2 aromatic rings. The Kier molecular flexibility index (Phi) is 8.15. The number of rotatable bonds is 11. The Bertz CT molecular complexity index is 1370. The molecule has 3 atom stereocenters. The van der Waals surface area contributed by atoms with Gasteiger partial charge in [-0.3, -0.25) is 14.5 Å². The third-order valence-corrected chi connectivity index (χ3v) is 9.01. The van der Waals surface area contributed by atoms with E-state index in [4.69, 9.17) is 15.7 Å². The standard InChI is InChI=1S/C21H23N9O6S3/c22-20-23-12(9-38-20)13(26-36-11-3-1-2-4-11)16(32)24-14-17(33)30-15(19(34)35)10(7-37-18(14)30)8-39-21-25-27-28-29(21)5-6-31/h1,3,9,11,14,18,31H,2,4-8H2,(H2,22,23)(H,24,32)(H,34,35)/b26-13-/t11?,14?,18-/m1/s1. The molecule has 39 heavy (non-hydrogen) atoms. The highest BCUT2D eigenvalue weighted by atomic mass is 32.2. The fourth-order valence-corrected chi connectivity index (χ4v) is 7.04. The van der Waals surface area contributed by atoms with E-state index in [1.165, 1.54) is 33.1 Å². The van der Waals surface area contributed by atoms with Crippen LogP contribution in [0.5, 0.6) is 0 Å². The molecule has 2 aromatic heterocycles. The minimum Gasteiger partial charge on any atom is -0.477 e. The van der Waals surface area contributed by atoms with Gasteiger partial charge in [0.15, 0.2) is 10.8 Å². The molecular weight excluding hydrogens is 570 g/mol. The van der Waals surface area contributed by atoms with Gasteiger partial charge in [0, 0.05) is 16.9 Å². The van der Waals surface area contributed by atoms with Gasteiger partial charge in [0.05, 0.1) is 13.2 Å². The van der Waals surface area contributed by atoms with Crippen LogP contribution in [-0.4, -0.2) is 99.4 Å². The van der Waals surface area contributed by atoms with Gasteiger partial charge in [-0.25, -0.2) is 14.5 Å². The van der Waals surface area contributed by atoms with Crippen molar-refractivity contribution in [1.82, 2.24) is 35.4 Å². The van der Waals surface area contributed by atoms with Gasteiger partial charge in [0.2, 0.25) is 5.16 Å². The van der Waals surface area contributed by atoms with Crippen LogP contribution in [0.15, 0.2) is 39.1 Å². The number of nitrogens with one attached hydrogen (secondary N) is 1. The molecule has 15 nitrogen and oxygen atoms in total. The second-order valence-electron chi connectivity index (χ2n) is 8.48. The SMILES string of the molecule is Nc1nc(/C(=N/OC2C=CCC2)C(=O)NC2C(=O)N3C(C(=O)O)=C(CSc4nnnn4CCO)CS[C@H]23)cs1. The summed E-state index contributed by atoms with van der Waals surface area (Å²) in [7, 11) is 0. The molecule has 1 aliphatic carbocycles. The zero-order chi connectivity index (χ0) is 27.5. The summed E-state index contributed by atoms with van der Waals surface area (Å²) >= 11 is 3.67. The van der Waals surface area contributed by atoms with Crippen molar-refractivity contribution in [2.75, 3.05) is 23.8 Å². The summed E-state index contributed by atoms with van der Waals surface area (Å²) in [6, 6.07) is -0.963. The first-order chi connectivity index (χ1) is 18.9. The number of fused-ring (bicyclic) bond motifs is 1. The third-order valence-electron chi connectivity index (χ3n) is 5.95. The van der Waals surface area contributed by atoms with E-state index in [2.05, 4.69) is 31.0 Å². The Balaban J connectivity index is 1.30. The van der Waals surface area contributed by atoms with Crippen LogP contribution in [0.25, 0.3) is 0 Å². The highest BCUT2D eigenvalue weighted by Gasteiger charge is 2.54. The maximum atomic E-state index is 13.2. The first kappa shape index (κ1) is 27.1. The van der Waals surface area contributed by atoms with Crippen LogP contribution in [0, 0.1) is 0 Å². The smallest absolute Gasteiger partial charge is 0.352 e. The van der Waals surface area contributed by atoms with Gasteiger partial charge in [-0.05, 0) is 34.9 Å². The van der Waals surface area contributed by atoms with E-state index < -0.39 is 29.2 Å². The first-order valence-corrected chi connectivity index (χ1v) is 14.6. The van der Waals surface area contributed by atoms with Crippen LogP contribution in [0.2, 0.25) is 0 Å². The number of thioether (sulfide) groups is 2. The molecule has 0 aromatic carbocycles. The second kappa shape index (κ2) is 11.7. The summed E-state index contributed by atoms with van der Waals surface area (Å²) < 4.78 is 1.41. The van der Waals surface area contributed by atoms with Crippen molar-refractivity contribution in [2.45, 2.75) is 42.1 Å². The average Bonchev–Trinajstić information content (AvgIpc) is 3.69. The Morgan fingerprint density at radius 1 is 1.38 bits per heavy atom. The normalized spacial score (nSPS) is 22.6. The molecule has 1 fully saturated rings. The first-order valence-electron chi connectivity index (χ1n) is 11.7. The number of aliphatic hydroxyl groups excluding tert-OH is 1. The number of β-lactam (4-membered cyclic amide) rings is 1. The molecule has 5 N–H and O–H groups in total. The fourth-order valence-electron chi connectivity index (χ4n) is 4.10. The third kappa shape index (κ3) is 5.63. The van der Waals surface area contributed by atoms with Crippen LogP contribution in [0.3, 0.4) is 0 Å². The molecule has 4 heterocycles. The maximum Gasteiger partial charge on any atom is 0.352 e. The summed E-state index contributed by atoms with van der Waals surface area (Å²) in [5.74, 6) is -1.94. The van der Waals surface area contributed by atoms with Gasteiger partial charge < -0.3 is 26.1 Å². The molecule has 0 saturated carbocycles. The number of carbonyl (C=O) groups is 3. The van der Waals surface area contributed by atoms with Crippen LogP contribution in [-0.2, 0) is 25.8 Å². The van der Waals surface area contributed by atoms with E-state index in [-0.39, 0.29) is 47.2 Å². The number of carboxylic acids is 1. The largest absolute Gasteiger partial charge is 0.477 e. The van der Waals surface area contributed by atoms with Crippen LogP contribution in [0.1, 0.15) is 18.5 Å². The second-order valence-corrected chi connectivity index (χ2v) is 11.4. The van der Waals surface area contributed by atoms with E-state index in [0.717, 1.165) is 24.2 Å². The molecule has 206 valence electrons. The number of carbonyl (C=O) groups excluding carboxylic acids is 2. The Morgan fingerprint density at radius 3 is 2.92 bits per heavy atom. The van der Waals surface area contributed by atoms with Crippen molar-refractivity contribution >= 4 is 63.5 Å². The number of carboxylic acid groups (broad SMARTS) is 1. The lowest BCUT2D eigenvalue weighted by atomic mass is 10.0. The number of tetrazole rings is 1. The zero-order valence-corrected chi connectivity index (χ0v) is 22.6. The lowest BCUT2D eigenvalue weighted by molar-refractivity contribution is -0.150. The van der Waals surface area contributed by atoms with E-state index >= 15 is 0 Å². The van der Waals surface area contributed by atoms with Gasteiger partial charge >= 0.3 is 5.97 Å². The fraction of sp³-hybridized carbons (Fsp3) is 0.429. The molecule has 2 aliphatic heterocycles. The molecule has 0 radical (unpaired) electrons. The van der Waals surface area contributed by atoms with Crippen LogP contribution in [0.4, 0.5) is 5.13 Å². The van der Waals surface area contributed by atoms with Crippen LogP contribution >= 0.6 is 34.9 Å². The number of oxime groups is 1. The lowest BCUT2D eigenvalue weighted by Gasteiger charge is -2.49. The van der Waals surface area contributed by atoms with Crippen LogP contribution < -0.4 is 11.1 Å². The summed E-state index contributed by atoms with van der Waals surface area (Å²) in [5, 5.41) is 38.6. The molecule has 3 aliphatic rings. The number of nitrogen functional groups attached to an aromatic ring is 1. The number of aromatic nitrogens is 5. The number of nitrogens with two attached hydrogens (primary N) is 1. The predicted octanol–water partition coefficient (Wildman–Crippen LogP) is -0.326. The molecule has 18 heteroatoms. The Labute approximate surface area is 233 Å². The van der Waals surface area contributed by atoms with Crippen molar-refractivity contribution in [2.24, 2.45) is 5.16 Å². The molecule has 1 saturated heterocycles. The number of thiazole rings is 1. The Morgan fingerprint density at radius 2 is 2.23 bits per heavy atom. The van der Waals surface area contributed by atoms with E-state index in [0.29, 0.717) is 16.5 Å². The predicted molar refractivity (Wildman–Crippen MR) is 142 cm³/mol. The quantitative estimate of drug-likeness (QED) is 0.0866. The summed E-state index contributed by atoms with van der Waals surface area (Å²) in [5.41, 5.74) is 6.22. The van der Waals surface area contributed by atoms with Crippen molar-refractivity contribution < 1.29 is 29.4 Å². The molecular formula is C21H23N9O6S3. The number of anilines is 1. The highest BCUT2D eigenvalue weighted by molar-refractivity contribution is 8.01. The van der Waals surface area contributed by atoms with E-state index in [1.54, 1.807) is 5.38 Å². The maximum absolute atomic E-state index is 13.2. The van der Waals surface area contributed by atoms with Crippen molar-refractivity contribution in [3.63, 3.8) is 0 Å². The number of amides is 2. The van der Waals surface area contributed by atoms with Gasteiger partial charge in [0.1, 0.15) is 28.9 Å². The van der Waals surface area contributed by atoms with E-state index in [1.807, 2.05) is 12.2 Å². The molecule has 0 spiro atoms. The monoisotopic (exact) mass is 593 g/mol. The topological polar surface area (TPSA) is 211 Å². The van der Waals surface area contributed by atoms with Gasteiger partial charge in [-0.2, -0.15) is 0 Å². The molecule has 2 amide bonds. The molecule has 5 rings (SSSR count). The number of allylic oxidation sites excluding steroid dienone is 1. The Hall–Kier alpha value is -3.48. The number of aliphatic hydroxyl groups is 1. The summed E-state index contributed by atoms with van der Waals surface area (Å²) in [6.07, 6.45) is 5.11. The summed E-state index contributed by atoms with van der Waals surface area (Å²) in [6.45, 7) is 0.0464. The number of nitrogens with zero attached hydrogens (tertiary/aromatic N) is 7. The zero-order valence-electron chi connectivity index (χ0n) is 20.2. The van der Waals surface area contributed by atoms with Gasteiger partial charge in [-0.1, -0.05) is 23.0 Å². The number of hydrogen-bond acceptors (Lipinski definition) is 14. The minimum absolute atomic E-state index is 0.123. The van der Waals surface area contributed by atoms with Gasteiger partial charge in [-0.15, -0.1) is 28.2 Å². The van der Waals surface area contributed by atoms with E-state index in [9.17, 15) is 19.5 Å². The number of aliphatic carboxylic acids is 1. The average molecular weight is 594 g/mol. The number of hydrogen-bond donors (Lipinski definition) is 4. The lowest BCUT2D eigenvalue weighted by Crippen LogP contribution is -2.71. The molecule has 2 unspecified atom stereocenters. The van der Waals surface area contributed by atoms with Gasteiger partial charge in [0.25, 0.3) is 11.8 Å². The summed E-state index contributed by atoms with van der Waals surface area (Å²) in [4.78, 5) is 49.3. The highest BCUT2D eigenvalue weighted by Crippen LogP contribution is 2.41. The molecule has 0 bridgehead atoms.